The molecule has 4 rings (SSSR count). The number of aromatic nitrogens is 1. The minimum atomic E-state index is 0.772. The summed E-state index contributed by atoms with van der Waals surface area (Å²) in [5, 5.41) is 1.46. The highest BCUT2D eigenvalue weighted by molar-refractivity contribution is 5.85. The predicted octanol–water partition coefficient (Wildman–Crippen LogP) is 2.86. The fraction of sp³-hybridized carbons (Fsp3) is 0.429. The number of hydrogen-bond donors (Lipinski definition) is 1. The third-order valence-electron chi connectivity index (χ3n) is 4.12. The number of nitrogens with one attached hydrogen (secondary N) is 1. The van der Waals surface area contributed by atoms with E-state index < -0.39 is 0 Å². The maximum absolute atomic E-state index is 3.60. The molecule has 0 radical (unpaired) electrons. The largest absolute Gasteiger partial charge is 0.357 e. The summed E-state index contributed by atoms with van der Waals surface area (Å²) < 4.78 is 0. The highest BCUT2D eigenvalue weighted by Gasteiger charge is 2.31. The number of aromatic amines is 1. The minimum absolute atomic E-state index is 0.772. The lowest BCUT2D eigenvalue weighted by atomic mass is 9.85. The van der Waals surface area contributed by atoms with Gasteiger partial charge in [0.1, 0.15) is 0 Å². The van der Waals surface area contributed by atoms with E-state index in [2.05, 4.69) is 34.1 Å². The lowest BCUT2D eigenvalue weighted by Crippen LogP contribution is -2.38. The lowest BCUT2D eigenvalue weighted by Gasteiger charge is -2.37. The van der Waals surface area contributed by atoms with E-state index in [0.717, 1.165) is 12.5 Å². The first kappa shape index (κ1) is 8.82. The number of benzene rings is 1. The number of H-pyrrole nitrogens is 1. The molecule has 0 spiro atoms. The quantitative estimate of drug-likeness (QED) is 0.711. The second-order valence-electron chi connectivity index (χ2n) is 5.14. The van der Waals surface area contributed by atoms with Gasteiger partial charge in [-0.05, 0) is 36.9 Å². The maximum Gasteiger partial charge on any atom is 0.0459 e. The van der Waals surface area contributed by atoms with Crippen LogP contribution in [0.15, 0.2) is 24.3 Å². The van der Waals surface area contributed by atoms with E-state index in [1.165, 1.54) is 42.5 Å². The molecule has 1 fully saturated rings. The lowest BCUT2D eigenvalue weighted by molar-refractivity contribution is 0.181. The van der Waals surface area contributed by atoms with Gasteiger partial charge in [-0.15, -0.1) is 0 Å². The Morgan fingerprint density at radius 2 is 2.19 bits per heavy atom. The monoisotopic (exact) mass is 212 g/mol. The van der Waals surface area contributed by atoms with Gasteiger partial charge in [0.2, 0.25) is 0 Å². The molecule has 16 heavy (non-hydrogen) atoms. The molecule has 2 atom stereocenters. The van der Waals surface area contributed by atoms with Crippen LogP contribution in [0, 0.1) is 0 Å². The van der Waals surface area contributed by atoms with Crippen LogP contribution in [0.3, 0.4) is 0 Å². The predicted molar refractivity (Wildman–Crippen MR) is 65.6 cm³/mol. The molecule has 2 aliphatic heterocycles. The first-order chi connectivity index (χ1) is 7.92. The molecule has 82 valence electrons. The highest BCUT2D eigenvalue weighted by atomic mass is 15.1. The summed E-state index contributed by atoms with van der Waals surface area (Å²) >= 11 is 0. The van der Waals surface area contributed by atoms with E-state index in [0.29, 0.717) is 0 Å². The van der Waals surface area contributed by atoms with E-state index in [9.17, 15) is 0 Å². The summed E-state index contributed by atoms with van der Waals surface area (Å²) in [6.07, 6.45) is 2.73. The molecule has 1 N–H and O–H groups in total. The van der Waals surface area contributed by atoms with Crippen LogP contribution in [0.2, 0.25) is 0 Å². The zero-order valence-corrected chi connectivity index (χ0v) is 9.37. The molecular formula is C14H16N2. The average molecular weight is 212 g/mol. The van der Waals surface area contributed by atoms with Crippen molar-refractivity contribution in [2.45, 2.75) is 25.3 Å². The molecule has 3 heterocycles. The SMILES string of the molecule is c1ccc2c3c([nH]c2c1)CN1CCC[C@H]3C1. The van der Waals surface area contributed by atoms with Gasteiger partial charge in [-0.3, -0.25) is 4.90 Å². The molecule has 1 aromatic carbocycles. The third kappa shape index (κ3) is 1.11. The van der Waals surface area contributed by atoms with Crippen LogP contribution in [0.25, 0.3) is 10.9 Å². The third-order valence-corrected chi connectivity index (χ3v) is 4.12. The number of piperidine rings is 1. The van der Waals surface area contributed by atoms with Crippen LogP contribution >= 0.6 is 0 Å². The van der Waals surface area contributed by atoms with Crippen molar-refractivity contribution in [2.75, 3.05) is 13.1 Å². The zero-order valence-electron chi connectivity index (χ0n) is 9.37. The molecule has 1 unspecified atom stereocenters. The van der Waals surface area contributed by atoms with E-state index in [1.807, 2.05) is 0 Å². The molecule has 2 aliphatic rings. The van der Waals surface area contributed by atoms with Crippen molar-refractivity contribution in [2.24, 2.45) is 0 Å². The Hall–Kier alpha value is -1.28. The van der Waals surface area contributed by atoms with Gasteiger partial charge in [-0.25, -0.2) is 0 Å². The van der Waals surface area contributed by atoms with E-state index in [4.69, 9.17) is 0 Å². The van der Waals surface area contributed by atoms with Crippen molar-refractivity contribution in [3.05, 3.63) is 35.5 Å². The van der Waals surface area contributed by atoms with Crippen molar-refractivity contribution in [1.82, 2.24) is 9.88 Å². The van der Waals surface area contributed by atoms with E-state index >= 15 is 0 Å². The molecule has 0 amide bonds. The van der Waals surface area contributed by atoms with Gasteiger partial charge < -0.3 is 4.98 Å². The van der Waals surface area contributed by atoms with Crippen LogP contribution in [0.5, 0.6) is 0 Å². The Labute approximate surface area is 95.3 Å². The summed E-state index contributed by atoms with van der Waals surface area (Å²) in [4.78, 5) is 6.19. The van der Waals surface area contributed by atoms with E-state index in [1.54, 1.807) is 5.56 Å². The Balaban J connectivity index is 1.98. The zero-order chi connectivity index (χ0) is 10.5. The van der Waals surface area contributed by atoms with Crippen molar-refractivity contribution < 1.29 is 0 Å². The molecule has 1 saturated heterocycles. The second kappa shape index (κ2) is 3.11. The second-order valence-corrected chi connectivity index (χ2v) is 5.14. The van der Waals surface area contributed by atoms with Crippen LogP contribution in [0.1, 0.15) is 30.0 Å². The van der Waals surface area contributed by atoms with Gasteiger partial charge in [-0.1, -0.05) is 18.2 Å². The summed E-state index contributed by atoms with van der Waals surface area (Å²) in [6.45, 7) is 3.68. The van der Waals surface area contributed by atoms with E-state index in [-0.39, 0.29) is 0 Å². The van der Waals surface area contributed by atoms with Crippen molar-refractivity contribution >= 4 is 10.9 Å². The van der Waals surface area contributed by atoms with Crippen LogP contribution in [0.4, 0.5) is 0 Å². The normalized spacial score (nSPS) is 28.0. The summed E-state index contributed by atoms with van der Waals surface area (Å²) in [5.74, 6) is 0.772. The van der Waals surface area contributed by atoms with Gasteiger partial charge in [0.05, 0.1) is 0 Å². The Bertz CT molecular complexity index is 541. The highest BCUT2D eigenvalue weighted by Crippen LogP contribution is 2.39. The molecule has 2 nitrogen and oxygen atoms in total. The van der Waals surface area contributed by atoms with Gasteiger partial charge in [0, 0.05) is 29.7 Å². The Morgan fingerprint density at radius 1 is 1.25 bits per heavy atom. The van der Waals surface area contributed by atoms with Gasteiger partial charge in [0.25, 0.3) is 0 Å². The number of rotatable bonds is 0. The minimum Gasteiger partial charge on any atom is -0.357 e. The fourth-order valence-corrected chi connectivity index (χ4v) is 3.47. The molecule has 2 heteroatoms. The number of nitrogens with zero attached hydrogens (tertiary/aromatic N) is 1. The van der Waals surface area contributed by atoms with Crippen molar-refractivity contribution in [3.8, 4) is 0 Å². The van der Waals surface area contributed by atoms with Crippen LogP contribution in [-0.4, -0.2) is 23.0 Å². The molecule has 0 aliphatic carbocycles. The molecular weight excluding hydrogens is 196 g/mol. The topological polar surface area (TPSA) is 19.0 Å². The van der Waals surface area contributed by atoms with Crippen molar-refractivity contribution in [3.63, 3.8) is 0 Å². The summed E-state index contributed by atoms with van der Waals surface area (Å²) in [7, 11) is 0. The standard InChI is InChI=1S/C14H16N2/c1-2-6-12-11(5-1)14-10-4-3-7-16(8-10)9-13(14)15-12/h1-2,5-6,10,15H,3-4,7-9H2/t10-/m0/s1. The molecule has 2 aromatic rings. The fourth-order valence-electron chi connectivity index (χ4n) is 3.47. The Kier molecular flexibility index (Phi) is 1.71. The van der Waals surface area contributed by atoms with Crippen molar-refractivity contribution in [1.29, 1.82) is 0 Å². The number of para-hydroxylation sites is 1. The molecule has 0 saturated carbocycles. The number of hydrogen-bond acceptors (Lipinski definition) is 1. The summed E-state index contributed by atoms with van der Waals surface area (Å²) in [6, 6.07) is 8.75. The Morgan fingerprint density at radius 3 is 3.19 bits per heavy atom. The van der Waals surface area contributed by atoms with Gasteiger partial charge in [0.15, 0.2) is 0 Å². The smallest absolute Gasteiger partial charge is 0.0459 e. The average Bonchev–Trinajstić information content (AvgIpc) is 2.67. The summed E-state index contributed by atoms with van der Waals surface area (Å²) in [5.41, 5.74) is 4.41. The number of fused-ring (bicyclic) bond motifs is 6. The first-order valence-corrected chi connectivity index (χ1v) is 6.23. The van der Waals surface area contributed by atoms with Crippen LogP contribution in [-0.2, 0) is 6.54 Å². The maximum atomic E-state index is 3.60. The molecule has 1 aromatic heterocycles. The first-order valence-electron chi connectivity index (χ1n) is 6.23. The van der Waals surface area contributed by atoms with Gasteiger partial charge >= 0.3 is 0 Å². The molecule has 2 bridgehead atoms. The van der Waals surface area contributed by atoms with Gasteiger partial charge in [-0.2, -0.15) is 0 Å². The van der Waals surface area contributed by atoms with Crippen LogP contribution < -0.4 is 0 Å².